The Kier molecular flexibility index (Phi) is 4.40. The van der Waals surface area contributed by atoms with Gasteiger partial charge in [0.05, 0.1) is 12.3 Å². The highest BCUT2D eigenvalue weighted by Gasteiger charge is 2.07. The minimum absolute atomic E-state index is 0.0744. The van der Waals surface area contributed by atoms with E-state index in [0.29, 0.717) is 6.61 Å². The largest absolute Gasteiger partial charge is 0.494 e. The van der Waals surface area contributed by atoms with E-state index in [-0.39, 0.29) is 12.5 Å². The van der Waals surface area contributed by atoms with Crippen molar-refractivity contribution >= 4 is 11.6 Å². The zero-order valence-electron chi connectivity index (χ0n) is 12.0. The van der Waals surface area contributed by atoms with Gasteiger partial charge < -0.3 is 14.6 Å². The standard InChI is InChI=1S/C15H19N3O2/c1-4-20-14-7-5-13(6-8-14)17-15(19)10-18-9-11(2)16-12(18)3/h5-9H,4,10H2,1-3H3,(H,17,19). The predicted molar refractivity (Wildman–Crippen MR) is 77.9 cm³/mol. The van der Waals surface area contributed by atoms with Gasteiger partial charge in [-0.3, -0.25) is 4.79 Å². The Morgan fingerprint density at radius 2 is 2.00 bits per heavy atom. The van der Waals surface area contributed by atoms with Gasteiger partial charge >= 0.3 is 0 Å². The molecule has 2 aromatic rings. The molecule has 0 unspecified atom stereocenters. The average Bonchev–Trinajstić information content (AvgIpc) is 2.70. The van der Waals surface area contributed by atoms with Crippen LogP contribution in [0.5, 0.6) is 5.75 Å². The number of hydrogen-bond acceptors (Lipinski definition) is 3. The number of ether oxygens (including phenoxy) is 1. The topological polar surface area (TPSA) is 56.1 Å². The summed E-state index contributed by atoms with van der Waals surface area (Å²) in [7, 11) is 0. The van der Waals surface area contributed by atoms with Gasteiger partial charge in [0.1, 0.15) is 18.1 Å². The number of aromatic nitrogens is 2. The number of imidazole rings is 1. The molecule has 20 heavy (non-hydrogen) atoms. The van der Waals surface area contributed by atoms with Crippen molar-refractivity contribution in [2.24, 2.45) is 0 Å². The molecule has 0 aliphatic heterocycles. The molecular formula is C15H19N3O2. The van der Waals surface area contributed by atoms with Crippen molar-refractivity contribution in [1.82, 2.24) is 9.55 Å². The van der Waals surface area contributed by atoms with Gasteiger partial charge in [-0.2, -0.15) is 0 Å². The molecule has 0 radical (unpaired) electrons. The van der Waals surface area contributed by atoms with Gasteiger partial charge in [-0.15, -0.1) is 0 Å². The van der Waals surface area contributed by atoms with Gasteiger partial charge in [0.15, 0.2) is 0 Å². The van der Waals surface area contributed by atoms with Crippen LogP contribution < -0.4 is 10.1 Å². The molecule has 1 N–H and O–H groups in total. The van der Waals surface area contributed by atoms with E-state index in [1.807, 2.05) is 55.8 Å². The van der Waals surface area contributed by atoms with Crippen LogP contribution in [0.1, 0.15) is 18.4 Å². The molecule has 1 heterocycles. The lowest BCUT2D eigenvalue weighted by Gasteiger charge is -2.08. The minimum atomic E-state index is -0.0744. The summed E-state index contributed by atoms with van der Waals surface area (Å²) in [5, 5.41) is 2.85. The number of carbonyl (C=O) groups excluding carboxylic acids is 1. The third kappa shape index (κ3) is 3.60. The van der Waals surface area contributed by atoms with E-state index < -0.39 is 0 Å². The molecule has 106 valence electrons. The lowest BCUT2D eigenvalue weighted by Crippen LogP contribution is -2.19. The summed E-state index contributed by atoms with van der Waals surface area (Å²) in [6, 6.07) is 7.33. The van der Waals surface area contributed by atoms with Gasteiger partial charge in [-0.25, -0.2) is 4.98 Å². The van der Waals surface area contributed by atoms with Gasteiger partial charge in [0, 0.05) is 11.9 Å². The first-order valence-corrected chi connectivity index (χ1v) is 6.61. The fourth-order valence-electron chi connectivity index (χ4n) is 1.98. The summed E-state index contributed by atoms with van der Waals surface area (Å²) in [6.45, 7) is 6.63. The number of nitrogens with zero attached hydrogens (tertiary/aromatic N) is 2. The van der Waals surface area contributed by atoms with Crippen LogP contribution in [0.4, 0.5) is 5.69 Å². The first kappa shape index (κ1) is 14.1. The maximum Gasteiger partial charge on any atom is 0.244 e. The third-order valence-corrected chi connectivity index (χ3v) is 2.86. The second kappa shape index (κ2) is 6.23. The van der Waals surface area contributed by atoms with Crippen molar-refractivity contribution in [3.8, 4) is 5.75 Å². The van der Waals surface area contributed by atoms with E-state index in [1.165, 1.54) is 0 Å². The molecule has 0 aliphatic rings. The molecule has 0 bridgehead atoms. The van der Waals surface area contributed by atoms with E-state index in [4.69, 9.17) is 4.74 Å². The minimum Gasteiger partial charge on any atom is -0.494 e. The van der Waals surface area contributed by atoms with Crippen molar-refractivity contribution < 1.29 is 9.53 Å². The van der Waals surface area contributed by atoms with Gasteiger partial charge in [0.2, 0.25) is 5.91 Å². The van der Waals surface area contributed by atoms with E-state index in [0.717, 1.165) is 23.0 Å². The number of anilines is 1. The molecule has 0 spiro atoms. The monoisotopic (exact) mass is 273 g/mol. The number of nitrogens with one attached hydrogen (secondary N) is 1. The highest BCUT2D eigenvalue weighted by atomic mass is 16.5. The lowest BCUT2D eigenvalue weighted by atomic mass is 10.3. The second-order valence-electron chi connectivity index (χ2n) is 4.56. The van der Waals surface area contributed by atoms with E-state index in [2.05, 4.69) is 10.3 Å². The number of carbonyl (C=O) groups is 1. The molecule has 0 saturated carbocycles. The molecule has 0 fully saturated rings. The van der Waals surface area contributed by atoms with Gasteiger partial charge in [0.25, 0.3) is 0 Å². The van der Waals surface area contributed by atoms with E-state index in [9.17, 15) is 4.79 Å². The number of hydrogen-bond donors (Lipinski definition) is 1. The van der Waals surface area contributed by atoms with E-state index in [1.54, 1.807) is 0 Å². The van der Waals surface area contributed by atoms with Crippen molar-refractivity contribution in [1.29, 1.82) is 0 Å². The van der Waals surface area contributed by atoms with Crippen LogP contribution >= 0.6 is 0 Å². The highest BCUT2D eigenvalue weighted by molar-refractivity contribution is 5.90. The smallest absolute Gasteiger partial charge is 0.244 e. The summed E-state index contributed by atoms with van der Waals surface area (Å²) < 4.78 is 7.19. The maximum absolute atomic E-state index is 12.0. The Morgan fingerprint density at radius 3 is 2.55 bits per heavy atom. The number of amides is 1. The molecular weight excluding hydrogens is 254 g/mol. The van der Waals surface area contributed by atoms with Crippen LogP contribution in [0.15, 0.2) is 30.5 Å². The normalized spacial score (nSPS) is 10.3. The van der Waals surface area contributed by atoms with Gasteiger partial charge in [-0.05, 0) is 45.0 Å². The van der Waals surface area contributed by atoms with Gasteiger partial charge in [-0.1, -0.05) is 0 Å². The molecule has 5 nitrogen and oxygen atoms in total. The average molecular weight is 273 g/mol. The van der Waals surface area contributed by atoms with Crippen molar-refractivity contribution in [2.75, 3.05) is 11.9 Å². The SMILES string of the molecule is CCOc1ccc(NC(=O)Cn2cc(C)nc2C)cc1. The molecule has 0 atom stereocenters. The fraction of sp³-hybridized carbons (Fsp3) is 0.333. The Hall–Kier alpha value is -2.30. The second-order valence-corrected chi connectivity index (χ2v) is 4.56. The number of rotatable bonds is 5. The molecule has 0 aliphatic carbocycles. The Bertz CT molecular complexity index is 588. The summed E-state index contributed by atoms with van der Waals surface area (Å²) in [5.74, 6) is 1.56. The highest BCUT2D eigenvalue weighted by Crippen LogP contribution is 2.15. The zero-order chi connectivity index (χ0) is 14.5. The Balaban J connectivity index is 1.95. The van der Waals surface area contributed by atoms with E-state index >= 15 is 0 Å². The summed E-state index contributed by atoms with van der Waals surface area (Å²) in [4.78, 5) is 16.2. The molecule has 1 aromatic heterocycles. The third-order valence-electron chi connectivity index (χ3n) is 2.86. The maximum atomic E-state index is 12.0. The van der Waals surface area contributed by atoms with Crippen LogP contribution in [-0.4, -0.2) is 22.1 Å². The van der Waals surface area contributed by atoms with Crippen LogP contribution in [0.3, 0.4) is 0 Å². The molecule has 1 aromatic carbocycles. The zero-order valence-corrected chi connectivity index (χ0v) is 12.0. The van der Waals surface area contributed by atoms with Crippen LogP contribution in [0.2, 0.25) is 0 Å². The van der Waals surface area contributed by atoms with Crippen molar-refractivity contribution in [3.63, 3.8) is 0 Å². The summed E-state index contributed by atoms with van der Waals surface area (Å²) in [5.41, 5.74) is 1.67. The van der Waals surface area contributed by atoms with Crippen LogP contribution in [0, 0.1) is 13.8 Å². The first-order chi connectivity index (χ1) is 9.58. The Morgan fingerprint density at radius 1 is 1.30 bits per heavy atom. The summed E-state index contributed by atoms with van der Waals surface area (Å²) >= 11 is 0. The lowest BCUT2D eigenvalue weighted by molar-refractivity contribution is -0.116. The first-order valence-electron chi connectivity index (χ1n) is 6.61. The molecule has 5 heteroatoms. The molecule has 1 amide bonds. The quantitative estimate of drug-likeness (QED) is 0.910. The summed E-state index contributed by atoms with van der Waals surface area (Å²) in [6.07, 6.45) is 1.87. The van der Waals surface area contributed by atoms with Crippen molar-refractivity contribution in [2.45, 2.75) is 27.3 Å². The molecule has 2 rings (SSSR count). The predicted octanol–water partition coefficient (Wildman–Crippen LogP) is 2.54. The van der Waals surface area contributed by atoms with Crippen LogP contribution in [-0.2, 0) is 11.3 Å². The Labute approximate surface area is 118 Å². The van der Waals surface area contributed by atoms with Crippen LogP contribution in [0.25, 0.3) is 0 Å². The fourth-order valence-corrected chi connectivity index (χ4v) is 1.98. The number of aryl methyl sites for hydroxylation is 2. The molecule has 0 saturated heterocycles. The van der Waals surface area contributed by atoms with Crippen molar-refractivity contribution in [3.05, 3.63) is 42.0 Å². The number of benzene rings is 1.